The topological polar surface area (TPSA) is 175 Å². The molecule has 0 saturated carbocycles. The minimum absolute atomic E-state index is 0.00431. The average Bonchev–Trinajstić information content (AvgIpc) is 3.38. The maximum absolute atomic E-state index is 13.0. The molecule has 0 bridgehead atoms. The summed E-state index contributed by atoms with van der Waals surface area (Å²) in [6, 6.07) is -0.806. The van der Waals surface area contributed by atoms with Crippen molar-refractivity contribution < 1.29 is 49.3 Å². The van der Waals surface area contributed by atoms with E-state index in [2.05, 4.69) is 19.2 Å². The number of ether oxygens (including phenoxy) is 3. The fraction of sp³-hybridized carbons (Fsp3) is 0.934. The van der Waals surface area contributed by atoms with Gasteiger partial charge < -0.3 is 45.1 Å². The van der Waals surface area contributed by atoms with Gasteiger partial charge in [0, 0.05) is 12.8 Å². The number of amides is 1. The minimum Gasteiger partial charge on any atom is -0.466 e. The largest absolute Gasteiger partial charge is 0.466 e. The number of carbonyl (C=O) groups is 2. The van der Waals surface area contributed by atoms with E-state index >= 15 is 0 Å². The molecule has 72 heavy (non-hydrogen) atoms. The van der Waals surface area contributed by atoms with Crippen molar-refractivity contribution in [2.24, 2.45) is 0 Å². The maximum Gasteiger partial charge on any atom is 0.305 e. The van der Waals surface area contributed by atoms with Crippen LogP contribution in [0.3, 0.4) is 0 Å². The Hall–Kier alpha value is -1.60. The van der Waals surface area contributed by atoms with Crippen molar-refractivity contribution in [1.29, 1.82) is 0 Å². The van der Waals surface area contributed by atoms with E-state index in [4.69, 9.17) is 14.2 Å². The lowest BCUT2D eigenvalue weighted by Crippen LogP contribution is -2.60. The highest BCUT2D eigenvalue weighted by Gasteiger charge is 2.44. The number of unbranched alkanes of at least 4 members (excludes halogenated alkanes) is 40. The molecule has 0 aliphatic carbocycles. The molecule has 426 valence electrons. The first-order chi connectivity index (χ1) is 35.2. The van der Waals surface area contributed by atoms with Crippen LogP contribution in [0.4, 0.5) is 0 Å². The van der Waals surface area contributed by atoms with Crippen molar-refractivity contribution in [3.8, 4) is 0 Å². The molecular weight excluding hydrogens is 907 g/mol. The van der Waals surface area contributed by atoms with Crippen LogP contribution in [-0.4, -0.2) is 100 Å². The number of aliphatic hydroxyl groups is 5. The van der Waals surface area contributed by atoms with Crippen molar-refractivity contribution >= 4 is 11.9 Å². The number of carbonyl (C=O) groups excluding carboxylic acids is 2. The van der Waals surface area contributed by atoms with Gasteiger partial charge in [0.25, 0.3) is 0 Å². The number of esters is 1. The Balaban J connectivity index is 1.98. The smallest absolute Gasteiger partial charge is 0.305 e. The van der Waals surface area contributed by atoms with E-state index in [-0.39, 0.29) is 18.5 Å². The predicted octanol–water partition coefficient (Wildman–Crippen LogP) is 14.3. The fourth-order valence-electron chi connectivity index (χ4n) is 9.97. The van der Waals surface area contributed by atoms with E-state index in [0.717, 1.165) is 57.8 Å². The first kappa shape index (κ1) is 68.4. The van der Waals surface area contributed by atoms with Gasteiger partial charge in [0.2, 0.25) is 5.91 Å². The summed E-state index contributed by atoms with van der Waals surface area (Å²) in [5.41, 5.74) is 0. The van der Waals surface area contributed by atoms with Gasteiger partial charge in [-0.1, -0.05) is 270 Å². The van der Waals surface area contributed by atoms with Crippen molar-refractivity contribution in [3.05, 3.63) is 12.2 Å². The Bertz CT molecular complexity index is 1200. The molecule has 1 heterocycles. The molecule has 1 aliphatic rings. The van der Waals surface area contributed by atoms with Crippen LogP contribution < -0.4 is 5.32 Å². The molecule has 0 radical (unpaired) electrons. The van der Waals surface area contributed by atoms with Gasteiger partial charge in [-0.25, -0.2) is 0 Å². The first-order valence-electron chi connectivity index (χ1n) is 31.0. The van der Waals surface area contributed by atoms with Crippen molar-refractivity contribution in [2.45, 2.75) is 346 Å². The molecule has 0 aromatic rings. The molecule has 7 atom stereocenters. The summed E-state index contributed by atoms with van der Waals surface area (Å²) in [4.78, 5) is 25.0. The van der Waals surface area contributed by atoms with Gasteiger partial charge >= 0.3 is 5.97 Å². The van der Waals surface area contributed by atoms with Crippen molar-refractivity contribution in [2.75, 3.05) is 19.8 Å². The van der Waals surface area contributed by atoms with Crippen LogP contribution in [-0.2, 0) is 23.8 Å². The molecule has 1 saturated heterocycles. The van der Waals surface area contributed by atoms with Crippen LogP contribution >= 0.6 is 0 Å². The molecule has 1 amide bonds. The summed E-state index contributed by atoms with van der Waals surface area (Å²) >= 11 is 0. The fourth-order valence-corrected chi connectivity index (χ4v) is 9.97. The number of allylic oxidation sites excluding steroid dienone is 1. The van der Waals surface area contributed by atoms with Gasteiger partial charge in [-0.2, -0.15) is 0 Å². The van der Waals surface area contributed by atoms with Gasteiger partial charge in [-0.15, -0.1) is 0 Å². The van der Waals surface area contributed by atoms with Gasteiger partial charge in [0.05, 0.1) is 32.0 Å². The monoisotopic (exact) mass is 1020 g/mol. The van der Waals surface area contributed by atoms with Crippen molar-refractivity contribution in [1.82, 2.24) is 5.32 Å². The van der Waals surface area contributed by atoms with E-state index in [0.29, 0.717) is 19.4 Å². The summed E-state index contributed by atoms with van der Waals surface area (Å²) in [6.07, 6.45) is 50.4. The lowest BCUT2D eigenvalue weighted by atomic mass is 9.99. The van der Waals surface area contributed by atoms with E-state index < -0.39 is 49.5 Å². The van der Waals surface area contributed by atoms with Crippen LogP contribution in [0.25, 0.3) is 0 Å². The van der Waals surface area contributed by atoms with E-state index in [9.17, 15) is 35.1 Å². The third kappa shape index (κ3) is 40.7. The lowest BCUT2D eigenvalue weighted by molar-refractivity contribution is -0.302. The highest BCUT2D eigenvalue weighted by Crippen LogP contribution is 2.23. The predicted molar refractivity (Wildman–Crippen MR) is 297 cm³/mol. The third-order valence-corrected chi connectivity index (χ3v) is 14.9. The van der Waals surface area contributed by atoms with Gasteiger partial charge in [0.15, 0.2) is 6.29 Å². The van der Waals surface area contributed by atoms with E-state index in [1.165, 1.54) is 218 Å². The normalized spacial score (nSPS) is 19.0. The highest BCUT2D eigenvalue weighted by molar-refractivity contribution is 5.76. The molecule has 1 aliphatic heterocycles. The van der Waals surface area contributed by atoms with Crippen LogP contribution in [0.15, 0.2) is 12.2 Å². The number of nitrogens with one attached hydrogen (secondary N) is 1. The Morgan fingerprint density at radius 3 is 1.29 bits per heavy atom. The zero-order valence-electron chi connectivity index (χ0n) is 46.9. The van der Waals surface area contributed by atoms with Crippen LogP contribution in [0.2, 0.25) is 0 Å². The Kier molecular flexibility index (Phi) is 48.9. The van der Waals surface area contributed by atoms with Gasteiger partial charge in [0.1, 0.15) is 24.4 Å². The second-order valence-electron chi connectivity index (χ2n) is 21.8. The molecule has 0 aromatic carbocycles. The Morgan fingerprint density at radius 1 is 0.500 bits per heavy atom. The summed E-state index contributed by atoms with van der Waals surface area (Å²) in [5.74, 6) is -0.177. The zero-order valence-corrected chi connectivity index (χ0v) is 46.9. The van der Waals surface area contributed by atoms with Crippen molar-refractivity contribution in [3.63, 3.8) is 0 Å². The van der Waals surface area contributed by atoms with Gasteiger partial charge in [-0.05, 0) is 32.1 Å². The highest BCUT2D eigenvalue weighted by atomic mass is 16.7. The van der Waals surface area contributed by atoms with Gasteiger partial charge in [-0.3, -0.25) is 9.59 Å². The molecule has 11 heteroatoms. The maximum atomic E-state index is 13.0. The molecule has 11 nitrogen and oxygen atoms in total. The zero-order chi connectivity index (χ0) is 52.4. The number of rotatable bonds is 54. The number of hydrogen-bond donors (Lipinski definition) is 6. The Labute approximate surface area is 442 Å². The standard InChI is InChI=1S/C61H117NO10/c1-3-5-7-9-11-13-28-33-37-41-45-49-57(66)70-50-46-42-38-34-30-27-25-23-21-19-17-15-14-16-18-20-22-24-26-29-32-36-40-44-48-56(65)62-53(54(64)47-43-39-35-31-12-10-8-6-4-2)52-71-61-60(69)59(68)58(67)55(51-63)72-61/h43,47,53-55,58-61,63-64,67-69H,3-42,44-46,48-52H2,1-2H3,(H,62,65)/b47-43+. The second-order valence-corrected chi connectivity index (χ2v) is 21.8. The molecule has 0 aromatic heterocycles. The molecule has 1 rings (SSSR count). The van der Waals surface area contributed by atoms with E-state index in [1.807, 2.05) is 6.08 Å². The number of hydrogen-bond acceptors (Lipinski definition) is 10. The third-order valence-electron chi connectivity index (χ3n) is 14.9. The molecule has 0 spiro atoms. The summed E-state index contributed by atoms with van der Waals surface area (Å²) in [5, 5.41) is 54.2. The van der Waals surface area contributed by atoms with E-state index in [1.54, 1.807) is 6.08 Å². The second kappa shape index (κ2) is 51.5. The molecular formula is C61H117NO10. The first-order valence-corrected chi connectivity index (χ1v) is 31.0. The lowest BCUT2D eigenvalue weighted by Gasteiger charge is -2.40. The van der Waals surface area contributed by atoms with Crippen LogP contribution in [0, 0.1) is 0 Å². The quantitative estimate of drug-likeness (QED) is 0.0195. The summed E-state index contributed by atoms with van der Waals surface area (Å²) in [6.45, 7) is 4.33. The average molecular weight is 1020 g/mol. The molecule has 6 N–H and O–H groups in total. The SMILES string of the molecule is CCCCCCCCC/C=C/C(O)C(COC1OC(CO)C(O)C(O)C1O)NC(=O)CCCCCCCCCCCCCCCCCCCCCCCCCCOC(=O)CCCCCCCCCCCCC. The summed E-state index contributed by atoms with van der Waals surface area (Å²) < 4.78 is 16.7. The summed E-state index contributed by atoms with van der Waals surface area (Å²) in [7, 11) is 0. The Morgan fingerprint density at radius 2 is 0.875 bits per heavy atom. The molecule has 1 fully saturated rings. The number of aliphatic hydroxyl groups excluding tert-OH is 5. The minimum atomic E-state index is -1.57. The van der Waals surface area contributed by atoms with Crippen LogP contribution in [0.5, 0.6) is 0 Å². The molecule has 7 unspecified atom stereocenters. The van der Waals surface area contributed by atoms with Crippen LogP contribution in [0.1, 0.15) is 303 Å².